The van der Waals surface area contributed by atoms with Crippen molar-refractivity contribution in [2.24, 2.45) is 0 Å². The lowest BCUT2D eigenvalue weighted by Gasteiger charge is -2.16. The van der Waals surface area contributed by atoms with Gasteiger partial charge in [-0.3, -0.25) is 4.79 Å². The van der Waals surface area contributed by atoms with Crippen LogP contribution in [-0.4, -0.2) is 18.1 Å². The molecule has 1 heterocycles. The second kappa shape index (κ2) is 7.01. The van der Waals surface area contributed by atoms with Gasteiger partial charge in [0, 0.05) is 17.0 Å². The highest BCUT2D eigenvalue weighted by molar-refractivity contribution is 5.98. The molecule has 130 valence electrons. The molecule has 1 N–H and O–H groups in total. The Balaban J connectivity index is 2.04. The minimum atomic E-state index is -0.149. The lowest BCUT2D eigenvalue weighted by molar-refractivity contribution is 0.0937. The quantitative estimate of drug-likeness (QED) is 0.711. The molecule has 25 heavy (non-hydrogen) atoms. The van der Waals surface area contributed by atoms with Gasteiger partial charge in [-0.2, -0.15) is 0 Å². The van der Waals surface area contributed by atoms with Crippen LogP contribution in [0.2, 0.25) is 0 Å². The van der Waals surface area contributed by atoms with Gasteiger partial charge in [0.15, 0.2) is 0 Å². The molecule has 0 aliphatic heterocycles. The summed E-state index contributed by atoms with van der Waals surface area (Å²) in [5, 5.41) is 3.96. The zero-order chi connectivity index (χ0) is 18.0. The smallest absolute Gasteiger partial charge is 0.255 e. The van der Waals surface area contributed by atoms with Crippen molar-refractivity contribution in [2.45, 2.75) is 39.8 Å². The van der Waals surface area contributed by atoms with Crippen LogP contribution >= 0.6 is 0 Å². The SMILES string of the molecule is CC(C)NC(=O)c1cc(-c2cc3ccccc3o2)ccc1OC(C)C. The predicted molar refractivity (Wildman–Crippen MR) is 100 cm³/mol. The number of nitrogens with one attached hydrogen (secondary N) is 1. The van der Waals surface area contributed by atoms with Gasteiger partial charge in [-0.25, -0.2) is 0 Å². The van der Waals surface area contributed by atoms with Crippen molar-refractivity contribution in [1.82, 2.24) is 5.32 Å². The molecule has 4 heteroatoms. The fourth-order valence-corrected chi connectivity index (χ4v) is 2.68. The van der Waals surface area contributed by atoms with E-state index in [2.05, 4.69) is 5.32 Å². The summed E-state index contributed by atoms with van der Waals surface area (Å²) in [6.07, 6.45) is -0.0114. The summed E-state index contributed by atoms with van der Waals surface area (Å²) in [4.78, 5) is 12.6. The summed E-state index contributed by atoms with van der Waals surface area (Å²) in [7, 11) is 0. The number of ether oxygens (including phenoxy) is 1. The van der Waals surface area contributed by atoms with Crippen molar-refractivity contribution in [1.29, 1.82) is 0 Å². The van der Waals surface area contributed by atoms with Crippen LogP contribution in [0.3, 0.4) is 0 Å². The molecule has 0 aliphatic rings. The minimum Gasteiger partial charge on any atom is -0.490 e. The van der Waals surface area contributed by atoms with E-state index in [-0.39, 0.29) is 18.1 Å². The molecule has 1 aromatic heterocycles. The average molecular weight is 337 g/mol. The third kappa shape index (κ3) is 3.85. The van der Waals surface area contributed by atoms with Gasteiger partial charge in [0.05, 0.1) is 11.7 Å². The number of carbonyl (C=O) groups excluding carboxylic acids is 1. The average Bonchev–Trinajstić information content (AvgIpc) is 2.98. The van der Waals surface area contributed by atoms with Crippen LogP contribution in [0.1, 0.15) is 38.1 Å². The van der Waals surface area contributed by atoms with E-state index in [9.17, 15) is 4.79 Å². The van der Waals surface area contributed by atoms with Gasteiger partial charge in [-0.1, -0.05) is 18.2 Å². The van der Waals surface area contributed by atoms with E-state index in [0.29, 0.717) is 11.3 Å². The third-order valence-corrected chi connectivity index (χ3v) is 3.72. The van der Waals surface area contributed by atoms with Gasteiger partial charge in [-0.05, 0) is 58.0 Å². The standard InChI is InChI=1S/C21H23NO3/c1-13(2)22-21(23)17-11-16(9-10-19(17)24-14(3)4)20-12-15-7-5-6-8-18(15)25-20/h5-14H,1-4H3,(H,22,23). The van der Waals surface area contributed by atoms with Crippen LogP contribution in [0.25, 0.3) is 22.3 Å². The first-order valence-corrected chi connectivity index (χ1v) is 8.54. The van der Waals surface area contributed by atoms with Crippen LogP contribution in [0.5, 0.6) is 5.75 Å². The first-order valence-electron chi connectivity index (χ1n) is 8.54. The fraction of sp³-hybridized carbons (Fsp3) is 0.286. The van der Waals surface area contributed by atoms with Crippen LogP contribution in [0.15, 0.2) is 52.9 Å². The second-order valence-corrected chi connectivity index (χ2v) is 6.65. The predicted octanol–water partition coefficient (Wildman–Crippen LogP) is 5.03. The number of amides is 1. The molecule has 4 nitrogen and oxygen atoms in total. The molecule has 0 bridgehead atoms. The molecule has 0 atom stereocenters. The number of para-hydroxylation sites is 1. The molecule has 0 fully saturated rings. The first-order chi connectivity index (χ1) is 11.9. The van der Waals surface area contributed by atoms with Gasteiger partial charge in [0.1, 0.15) is 17.1 Å². The van der Waals surface area contributed by atoms with E-state index in [1.54, 1.807) is 0 Å². The van der Waals surface area contributed by atoms with Crippen LogP contribution in [0.4, 0.5) is 0 Å². The van der Waals surface area contributed by atoms with Crippen molar-refractivity contribution in [3.63, 3.8) is 0 Å². The van der Waals surface area contributed by atoms with E-state index in [4.69, 9.17) is 9.15 Å². The topological polar surface area (TPSA) is 51.5 Å². The van der Waals surface area contributed by atoms with E-state index in [1.165, 1.54) is 0 Å². The molecule has 0 aliphatic carbocycles. The molecule has 0 spiro atoms. The Hall–Kier alpha value is -2.75. The van der Waals surface area contributed by atoms with E-state index < -0.39 is 0 Å². The van der Waals surface area contributed by atoms with Crippen LogP contribution < -0.4 is 10.1 Å². The summed E-state index contributed by atoms with van der Waals surface area (Å²) < 4.78 is 11.7. The lowest BCUT2D eigenvalue weighted by atomic mass is 10.1. The Kier molecular flexibility index (Phi) is 4.79. The molecular weight excluding hydrogens is 314 g/mol. The molecule has 2 aromatic carbocycles. The number of rotatable bonds is 5. The van der Waals surface area contributed by atoms with Crippen molar-refractivity contribution in [3.05, 3.63) is 54.1 Å². The monoisotopic (exact) mass is 337 g/mol. The largest absolute Gasteiger partial charge is 0.490 e. The van der Waals surface area contributed by atoms with Gasteiger partial charge >= 0.3 is 0 Å². The van der Waals surface area contributed by atoms with Crippen LogP contribution in [-0.2, 0) is 0 Å². The number of furan rings is 1. The summed E-state index contributed by atoms with van der Waals surface area (Å²) in [6.45, 7) is 7.75. The molecule has 3 rings (SSSR count). The summed E-state index contributed by atoms with van der Waals surface area (Å²) in [5.74, 6) is 1.16. The van der Waals surface area contributed by atoms with E-state index in [0.717, 1.165) is 22.3 Å². The van der Waals surface area contributed by atoms with Crippen molar-refractivity contribution in [2.75, 3.05) is 0 Å². The molecule has 0 radical (unpaired) electrons. The number of hydrogen-bond donors (Lipinski definition) is 1. The maximum Gasteiger partial charge on any atom is 0.255 e. The highest BCUT2D eigenvalue weighted by Crippen LogP contribution is 2.31. The fourth-order valence-electron chi connectivity index (χ4n) is 2.68. The molecular formula is C21H23NO3. The number of fused-ring (bicyclic) bond motifs is 1. The molecule has 0 saturated carbocycles. The Bertz CT molecular complexity index is 860. The maximum absolute atomic E-state index is 12.6. The van der Waals surface area contributed by atoms with Crippen LogP contribution in [0, 0.1) is 0 Å². The van der Waals surface area contributed by atoms with Crippen molar-refractivity contribution >= 4 is 16.9 Å². The van der Waals surface area contributed by atoms with Crippen molar-refractivity contribution < 1.29 is 13.9 Å². The molecule has 1 amide bonds. The van der Waals surface area contributed by atoms with Gasteiger partial charge in [0.25, 0.3) is 5.91 Å². The van der Waals surface area contributed by atoms with E-state index >= 15 is 0 Å². The van der Waals surface area contributed by atoms with Gasteiger partial charge in [0.2, 0.25) is 0 Å². The Morgan fingerprint density at radius 3 is 2.48 bits per heavy atom. The summed E-state index contributed by atoms with van der Waals surface area (Å²) >= 11 is 0. The lowest BCUT2D eigenvalue weighted by Crippen LogP contribution is -2.30. The highest BCUT2D eigenvalue weighted by atomic mass is 16.5. The normalized spacial score (nSPS) is 11.3. The first kappa shape index (κ1) is 17.1. The van der Waals surface area contributed by atoms with Crippen molar-refractivity contribution in [3.8, 4) is 17.1 Å². The Labute approximate surface area is 147 Å². The molecule has 3 aromatic rings. The zero-order valence-corrected chi connectivity index (χ0v) is 15.0. The molecule has 0 unspecified atom stereocenters. The maximum atomic E-state index is 12.6. The number of carbonyl (C=O) groups is 1. The third-order valence-electron chi connectivity index (χ3n) is 3.72. The van der Waals surface area contributed by atoms with E-state index in [1.807, 2.05) is 76.2 Å². The Morgan fingerprint density at radius 2 is 1.80 bits per heavy atom. The Morgan fingerprint density at radius 1 is 1.04 bits per heavy atom. The highest BCUT2D eigenvalue weighted by Gasteiger charge is 2.17. The summed E-state index contributed by atoms with van der Waals surface area (Å²) in [5.41, 5.74) is 2.19. The second-order valence-electron chi connectivity index (χ2n) is 6.65. The number of benzene rings is 2. The van der Waals surface area contributed by atoms with Gasteiger partial charge < -0.3 is 14.5 Å². The minimum absolute atomic E-state index is 0.0114. The zero-order valence-electron chi connectivity index (χ0n) is 15.0. The summed E-state index contributed by atoms with van der Waals surface area (Å²) in [6, 6.07) is 15.5. The molecule has 0 saturated heterocycles. The van der Waals surface area contributed by atoms with Gasteiger partial charge in [-0.15, -0.1) is 0 Å². The number of hydrogen-bond acceptors (Lipinski definition) is 3.